The Balaban J connectivity index is 2.40. The Labute approximate surface area is 123 Å². The quantitative estimate of drug-likeness (QED) is 0.627. The highest BCUT2D eigenvalue weighted by Crippen LogP contribution is 2.25. The van der Waals surface area contributed by atoms with E-state index in [1.165, 1.54) is 18.2 Å². The first-order valence-electron chi connectivity index (χ1n) is 5.52. The average Bonchev–Trinajstić information content (AvgIpc) is 2.59. The Hall–Kier alpha value is -1.40. The van der Waals surface area contributed by atoms with Gasteiger partial charge in [0.1, 0.15) is 0 Å². The number of aryl methyl sites for hydroxylation is 1. The van der Waals surface area contributed by atoms with Gasteiger partial charge in [0, 0.05) is 17.2 Å². The SMILES string of the molecule is Cc1nn(Cc2cc([N+](=O)[O-])ccc2Cl)c(C)c1Br. The number of aromatic nitrogens is 2. The summed E-state index contributed by atoms with van der Waals surface area (Å²) in [5.41, 5.74) is 2.54. The van der Waals surface area contributed by atoms with Crippen LogP contribution in [0.3, 0.4) is 0 Å². The highest BCUT2D eigenvalue weighted by Gasteiger charge is 2.13. The lowest BCUT2D eigenvalue weighted by atomic mass is 10.2. The zero-order chi connectivity index (χ0) is 14.2. The van der Waals surface area contributed by atoms with Crippen LogP contribution >= 0.6 is 27.5 Å². The zero-order valence-corrected chi connectivity index (χ0v) is 12.7. The van der Waals surface area contributed by atoms with Crippen LogP contribution in [-0.4, -0.2) is 14.7 Å². The average molecular weight is 345 g/mol. The van der Waals surface area contributed by atoms with Gasteiger partial charge in [0.15, 0.2) is 0 Å². The molecule has 0 aliphatic rings. The van der Waals surface area contributed by atoms with Crippen molar-refractivity contribution in [1.82, 2.24) is 9.78 Å². The Morgan fingerprint density at radius 2 is 2.16 bits per heavy atom. The molecule has 0 unspecified atom stereocenters. The Morgan fingerprint density at radius 3 is 2.68 bits per heavy atom. The molecule has 1 aromatic carbocycles. The standard InChI is InChI=1S/C12H11BrClN3O2/c1-7-12(13)8(2)16(15-7)6-9-5-10(17(18)19)3-4-11(9)14/h3-5H,6H2,1-2H3. The van der Waals surface area contributed by atoms with E-state index in [2.05, 4.69) is 21.0 Å². The fourth-order valence-corrected chi connectivity index (χ4v) is 2.25. The van der Waals surface area contributed by atoms with Crippen molar-refractivity contribution in [3.8, 4) is 0 Å². The molecule has 0 amide bonds. The Kier molecular flexibility index (Phi) is 3.91. The zero-order valence-electron chi connectivity index (χ0n) is 10.4. The lowest BCUT2D eigenvalue weighted by Crippen LogP contribution is -2.05. The van der Waals surface area contributed by atoms with E-state index in [4.69, 9.17) is 11.6 Å². The van der Waals surface area contributed by atoms with Gasteiger partial charge in [-0.25, -0.2) is 0 Å². The van der Waals surface area contributed by atoms with E-state index in [1.54, 1.807) is 4.68 Å². The van der Waals surface area contributed by atoms with Crippen LogP contribution in [-0.2, 0) is 6.54 Å². The smallest absolute Gasteiger partial charge is 0.264 e. The van der Waals surface area contributed by atoms with Crippen molar-refractivity contribution in [3.63, 3.8) is 0 Å². The van der Waals surface area contributed by atoms with Crippen LogP contribution in [0.15, 0.2) is 22.7 Å². The van der Waals surface area contributed by atoms with Gasteiger partial charge < -0.3 is 0 Å². The fourth-order valence-electron chi connectivity index (χ4n) is 1.79. The van der Waals surface area contributed by atoms with Gasteiger partial charge in [0.05, 0.1) is 27.3 Å². The lowest BCUT2D eigenvalue weighted by molar-refractivity contribution is -0.384. The van der Waals surface area contributed by atoms with Crippen molar-refractivity contribution in [3.05, 3.63) is 54.8 Å². The van der Waals surface area contributed by atoms with Gasteiger partial charge in [-0.3, -0.25) is 14.8 Å². The first kappa shape index (κ1) is 14.0. The molecule has 0 aliphatic carbocycles. The molecule has 0 aliphatic heterocycles. The maximum absolute atomic E-state index is 10.8. The number of halogens is 2. The van der Waals surface area contributed by atoms with Crippen molar-refractivity contribution in [1.29, 1.82) is 0 Å². The van der Waals surface area contributed by atoms with E-state index in [0.717, 1.165) is 15.9 Å². The fraction of sp³-hybridized carbons (Fsp3) is 0.250. The second-order valence-electron chi connectivity index (χ2n) is 4.18. The maximum atomic E-state index is 10.8. The molecule has 0 atom stereocenters. The van der Waals surface area contributed by atoms with Crippen LogP contribution in [0.25, 0.3) is 0 Å². The largest absolute Gasteiger partial charge is 0.269 e. The molecule has 0 fully saturated rings. The van der Waals surface area contributed by atoms with E-state index in [9.17, 15) is 10.1 Å². The van der Waals surface area contributed by atoms with Gasteiger partial charge in [-0.15, -0.1) is 0 Å². The first-order chi connectivity index (χ1) is 8.90. The minimum absolute atomic E-state index is 0.0278. The van der Waals surface area contributed by atoms with Crippen molar-refractivity contribution >= 4 is 33.2 Å². The summed E-state index contributed by atoms with van der Waals surface area (Å²) in [5, 5.41) is 15.6. The number of nitro groups is 1. The topological polar surface area (TPSA) is 61.0 Å². The van der Waals surface area contributed by atoms with E-state index < -0.39 is 4.92 Å². The third kappa shape index (κ3) is 2.79. The van der Waals surface area contributed by atoms with Gasteiger partial charge in [0.25, 0.3) is 5.69 Å². The lowest BCUT2D eigenvalue weighted by Gasteiger charge is -2.06. The van der Waals surface area contributed by atoms with Crippen LogP contribution < -0.4 is 0 Å². The van der Waals surface area contributed by atoms with Gasteiger partial charge in [-0.2, -0.15) is 5.10 Å². The summed E-state index contributed by atoms with van der Waals surface area (Å²) in [4.78, 5) is 10.3. The van der Waals surface area contributed by atoms with Gasteiger partial charge in [0.2, 0.25) is 0 Å². The van der Waals surface area contributed by atoms with Crippen molar-refractivity contribution in [2.24, 2.45) is 0 Å². The summed E-state index contributed by atoms with van der Waals surface area (Å²) in [6.45, 7) is 4.22. The molecule has 100 valence electrons. The number of benzene rings is 1. The second-order valence-corrected chi connectivity index (χ2v) is 5.38. The summed E-state index contributed by atoms with van der Waals surface area (Å²) >= 11 is 9.52. The summed E-state index contributed by atoms with van der Waals surface area (Å²) in [7, 11) is 0. The van der Waals surface area contributed by atoms with Crippen molar-refractivity contribution < 1.29 is 4.92 Å². The molecular weight excluding hydrogens is 334 g/mol. The van der Waals surface area contributed by atoms with Crippen LogP contribution in [0.4, 0.5) is 5.69 Å². The van der Waals surface area contributed by atoms with E-state index >= 15 is 0 Å². The number of nitrogens with zero attached hydrogens (tertiary/aromatic N) is 3. The molecule has 0 radical (unpaired) electrons. The summed E-state index contributed by atoms with van der Waals surface area (Å²) in [5.74, 6) is 0. The van der Waals surface area contributed by atoms with Crippen LogP contribution in [0.2, 0.25) is 5.02 Å². The Bertz CT molecular complexity index is 655. The molecule has 7 heteroatoms. The minimum atomic E-state index is -0.434. The molecule has 0 saturated heterocycles. The van der Waals surface area contributed by atoms with Crippen LogP contribution in [0.5, 0.6) is 0 Å². The molecular formula is C12H11BrClN3O2. The third-order valence-corrected chi connectivity index (χ3v) is 4.37. The molecule has 0 saturated carbocycles. The molecule has 19 heavy (non-hydrogen) atoms. The van der Waals surface area contributed by atoms with Crippen molar-refractivity contribution in [2.75, 3.05) is 0 Å². The maximum Gasteiger partial charge on any atom is 0.269 e. The van der Waals surface area contributed by atoms with E-state index in [0.29, 0.717) is 17.1 Å². The molecule has 0 spiro atoms. The van der Waals surface area contributed by atoms with Gasteiger partial charge >= 0.3 is 0 Å². The molecule has 2 aromatic rings. The number of rotatable bonds is 3. The highest BCUT2D eigenvalue weighted by atomic mass is 79.9. The number of nitro benzene ring substituents is 1. The first-order valence-corrected chi connectivity index (χ1v) is 6.69. The molecule has 2 rings (SSSR count). The monoisotopic (exact) mass is 343 g/mol. The van der Waals surface area contributed by atoms with Crippen LogP contribution in [0, 0.1) is 24.0 Å². The predicted molar refractivity (Wildman–Crippen MR) is 76.6 cm³/mol. The number of non-ortho nitro benzene ring substituents is 1. The van der Waals surface area contributed by atoms with Crippen molar-refractivity contribution in [2.45, 2.75) is 20.4 Å². The number of hydrogen-bond acceptors (Lipinski definition) is 3. The highest BCUT2D eigenvalue weighted by molar-refractivity contribution is 9.10. The molecule has 0 N–H and O–H groups in total. The number of hydrogen-bond donors (Lipinski definition) is 0. The van der Waals surface area contributed by atoms with E-state index in [1.807, 2.05) is 13.8 Å². The summed E-state index contributed by atoms with van der Waals surface area (Å²) in [6, 6.07) is 4.41. The minimum Gasteiger partial charge on any atom is -0.264 e. The third-order valence-electron chi connectivity index (χ3n) is 2.85. The van der Waals surface area contributed by atoms with Gasteiger partial charge in [-0.1, -0.05) is 11.6 Å². The van der Waals surface area contributed by atoms with E-state index in [-0.39, 0.29) is 5.69 Å². The van der Waals surface area contributed by atoms with Crippen LogP contribution in [0.1, 0.15) is 17.0 Å². The summed E-state index contributed by atoms with van der Waals surface area (Å²) in [6.07, 6.45) is 0. The van der Waals surface area contributed by atoms with Gasteiger partial charge in [-0.05, 0) is 41.4 Å². The molecule has 1 aromatic heterocycles. The molecule has 5 nitrogen and oxygen atoms in total. The predicted octanol–water partition coefficient (Wildman–Crippen LogP) is 3.87. The summed E-state index contributed by atoms with van der Waals surface area (Å²) < 4.78 is 2.71. The Morgan fingerprint density at radius 1 is 1.47 bits per heavy atom. The second kappa shape index (κ2) is 5.30. The molecule has 1 heterocycles. The normalized spacial score (nSPS) is 10.7. The molecule has 0 bridgehead atoms.